The van der Waals surface area contributed by atoms with E-state index in [-0.39, 0.29) is 35.6 Å². The number of benzene rings is 2. The number of rotatable bonds is 3. The van der Waals surface area contributed by atoms with Crippen molar-refractivity contribution in [2.45, 2.75) is 18.9 Å². The maximum atomic E-state index is 13.8. The van der Waals surface area contributed by atoms with E-state index in [1.54, 1.807) is 6.07 Å². The zero-order chi connectivity index (χ0) is 20.4. The minimum absolute atomic E-state index is 0.221. The summed E-state index contributed by atoms with van der Waals surface area (Å²) in [7, 11) is 0. The zero-order valence-corrected chi connectivity index (χ0v) is 16.0. The summed E-state index contributed by atoms with van der Waals surface area (Å²) < 4.78 is 40.2. The minimum atomic E-state index is -1.67. The molecule has 1 saturated heterocycles. The average molecular weight is 431 g/mol. The lowest BCUT2D eigenvalue weighted by atomic mass is 10.0. The second kappa shape index (κ2) is 8.41. The van der Waals surface area contributed by atoms with Gasteiger partial charge in [-0.05, 0) is 43.2 Å². The van der Waals surface area contributed by atoms with E-state index >= 15 is 0 Å². The number of amides is 2. The summed E-state index contributed by atoms with van der Waals surface area (Å²) in [6.07, 6.45) is 0.835. The molecule has 0 atom stereocenters. The van der Waals surface area contributed by atoms with Gasteiger partial charge in [-0.25, -0.2) is 13.2 Å². The lowest BCUT2D eigenvalue weighted by Gasteiger charge is -2.32. The number of likely N-dealkylation sites (tertiary alicyclic amines) is 1. The first-order valence-electron chi connectivity index (χ1n) is 8.46. The smallest absolute Gasteiger partial charge is 0.256 e. The molecule has 1 fully saturated rings. The fourth-order valence-corrected chi connectivity index (χ4v) is 3.40. The van der Waals surface area contributed by atoms with Gasteiger partial charge in [-0.1, -0.05) is 23.2 Å². The van der Waals surface area contributed by atoms with E-state index in [2.05, 4.69) is 5.32 Å². The fourth-order valence-electron chi connectivity index (χ4n) is 3.02. The highest BCUT2D eigenvalue weighted by Crippen LogP contribution is 2.22. The third kappa shape index (κ3) is 4.25. The van der Waals surface area contributed by atoms with Crippen LogP contribution in [0.2, 0.25) is 10.0 Å². The molecule has 2 aromatic rings. The van der Waals surface area contributed by atoms with E-state index in [1.807, 2.05) is 0 Å². The van der Waals surface area contributed by atoms with Gasteiger partial charge in [0.1, 0.15) is 0 Å². The molecule has 28 heavy (non-hydrogen) atoms. The van der Waals surface area contributed by atoms with Crippen molar-refractivity contribution in [3.63, 3.8) is 0 Å². The normalized spacial score (nSPS) is 14.8. The molecule has 0 bridgehead atoms. The van der Waals surface area contributed by atoms with Crippen molar-refractivity contribution in [2.24, 2.45) is 0 Å². The monoisotopic (exact) mass is 430 g/mol. The second-order valence-electron chi connectivity index (χ2n) is 6.39. The van der Waals surface area contributed by atoms with Crippen LogP contribution < -0.4 is 5.32 Å². The summed E-state index contributed by atoms with van der Waals surface area (Å²) in [5.74, 6) is -5.64. The van der Waals surface area contributed by atoms with Crippen LogP contribution in [0.1, 0.15) is 33.6 Å². The molecule has 1 heterocycles. The Morgan fingerprint density at radius 2 is 1.64 bits per heavy atom. The fraction of sp³-hybridized carbons (Fsp3) is 0.263. The van der Waals surface area contributed by atoms with Crippen molar-refractivity contribution in [3.05, 3.63) is 69.0 Å². The Kier molecular flexibility index (Phi) is 6.15. The maximum absolute atomic E-state index is 13.8. The summed E-state index contributed by atoms with van der Waals surface area (Å²) in [5, 5.41) is 3.47. The van der Waals surface area contributed by atoms with Crippen LogP contribution in [0.25, 0.3) is 0 Å². The number of carbonyl (C=O) groups is 2. The van der Waals surface area contributed by atoms with Gasteiger partial charge in [0.15, 0.2) is 17.5 Å². The van der Waals surface area contributed by atoms with Crippen molar-refractivity contribution in [3.8, 4) is 0 Å². The highest BCUT2D eigenvalue weighted by atomic mass is 35.5. The van der Waals surface area contributed by atoms with Crippen molar-refractivity contribution in [1.29, 1.82) is 0 Å². The van der Waals surface area contributed by atoms with Gasteiger partial charge in [0.2, 0.25) is 0 Å². The molecule has 0 aromatic heterocycles. The second-order valence-corrected chi connectivity index (χ2v) is 7.23. The van der Waals surface area contributed by atoms with Crippen LogP contribution in [-0.4, -0.2) is 35.8 Å². The van der Waals surface area contributed by atoms with Crippen molar-refractivity contribution in [2.75, 3.05) is 13.1 Å². The largest absolute Gasteiger partial charge is 0.349 e. The third-order valence-corrected chi connectivity index (χ3v) is 5.12. The average Bonchev–Trinajstić information content (AvgIpc) is 2.68. The molecule has 2 amide bonds. The quantitative estimate of drug-likeness (QED) is 0.731. The number of piperidine rings is 1. The van der Waals surface area contributed by atoms with Crippen LogP contribution >= 0.6 is 23.2 Å². The van der Waals surface area contributed by atoms with Crippen LogP contribution in [0.5, 0.6) is 0 Å². The predicted octanol–water partition coefficient (Wildman–Crippen LogP) is 4.45. The van der Waals surface area contributed by atoms with Gasteiger partial charge in [0.25, 0.3) is 11.8 Å². The number of nitrogens with zero attached hydrogens (tertiary/aromatic N) is 1. The van der Waals surface area contributed by atoms with Gasteiger partial charge in [-0.15, -0.1) is 0 Å². The molecule has 1 aliphatic heterocycles. The number of halogens is 5. The molecule has 0 radical (unpaired) electrons. The van der Waals surface area contributed by atoms with Crippen LogP contribution in [0, 0.1) is 17.5 Å². The van der Waals surface area contributed by atoms with Gasteiger partial charge < -0.3 is 10.2 Å². The third-order valence-electron chi connectivity index (χ3n) is 4.56. The molecule has 3 rings (SSSR count). The van der Waals surface area contributed by atoms with E-state index in [9.17, 15) is 22.8 Å². The van der Waals surface area contributed by atoms with E-state index in [1.165, 1.54) is 17.0 Å². The molecule has 0 spiro atoms. The van der Waals surface area contributed by atoms with Crippen LogP contribution in [-0.2, 0) is 0 Å². The summed E-state index contributed by atoms with van der Waals surface area (Å²) in [6.45, 7) is 0.455. The Bertz CT molecular complexity index is 932. The summed E-state index contributed by atoms with van der Waals surface area (Å²) >= 11 is 11.9. The molecule has 1 N–H and O–H groups in total. The Morgan fingerprint density at radius 1 is 0.964 bits per heavy atom. The molecule has 4 nitrogen and oxygen atoms in total. The minimum Gasteiger partial charge on any atom is -0.349 e. The first kappa shape index (κ1) is 20.5. The van der Waals surface area contributed by atoms with Crippen molar-refractivity contribution in [1.82, 2.24) is 10.2 Å². The zero-order valence-electron chi connectivity index (χ0n) is 14.4. The Morgan fingerprint density at radius 3 is 2.32 bits per heavy atom. The molecule has 0 saturated carbocycles. The maximum Gasteiger partial charge on any atom is 0.256 e. The topological polar surface area (TPSA) is 49.4 Å². The molecular formula is C19H15Cl2F3N2O2. The number of hydrogen-bond donors (Lipinski definition) is 1. The van der Waals surface area contributed by atoms with E-state index in [0.29, 0.717) is 23.9 Å². The summed E-state index contributed by atoms with van der Waals surface area (Å²) in [5.41, 5.74) is -0.274. The van der Waals surface area contributed by atoms with Crippen molar-refractivity contribution >= 4 is 35.0 Å². The van der Waals surface area contributed by atoms with E-state index in [0.717, 1.165) is 6.07 Å². The van der Waals surface area contributed by atoms with E-state index in [4.69, 9.17) is 23.2 Å². The van der Waals surface area contributed by atoms with Crippen LogP contribution in [0.3, 0.4) is 0 Å². The standard InChI is InChI=1S/C19H15Cl2F3N2O2/c20-10-1-3-14(21)13(9-10)18(27)25-11-5-7-26(8-6-11)19(28)12-2-4-15(22)17(24)16(12)23/h1-4,9,11H,5-8H2,(H,25,27). The molecule has 0 unspecified atom stereocenters. The molecule has 0 aliphatic carbocycles. The molecule has 2 aromatic carbocycles. The first-order valence-corrected chi connectivity index (χ1v) is 9.22. The summed E-state index contributed by atoms with van der Waals surface area (Å²) in [4.78, 5) is 26.1. The number of hydrogen-bond acceptors (Lipinski definition) is 2. The first-order chi connectivity index (χ1) is 13.3. The van der Waals surface area contributed by atoms with Gasteiger partial charge in [0, 0.05) is 24.2 Å². The van der Waals surface area contributed by atoms with Gasteiger partial charge in [0.05, 0.1) is 16.1 Å². The molecule has 9 heteroatoms. The molecule has 1 aliphatic rings. The lowest BCUT2D eigenvalue weighted by Crippen LogP contribution is -2.46. The van der Waals surface area contributed by atoms with Gasteiger partial charge in [-0.3, -0.25) is 9.59 Å². The number of carbonyl (C=O) groups excluding carboxylic acids is 2. The predicted molar refractivity (Wildman–Crippen MR) is 99.2 cm³/mol. The van der Waals surface area contributed by atoms with Crippen LogP contribution in [0.15, 0.2) is 30.3 Å². The van der Waals surface area contributed by atoms with Crippen LogP contribution in [0.4, 0.5) is 13.2 Å². The van der Waals surface area contributed by atoms with Crippen molar-refractivity contribution < 1.29 is 22.8 Å². The van der Waals surface area contributed by atoms with Gasteiger partial charge >= 0.3 is 0 Å². The summed E-state index contributed by atoms with van der Waals surface area (Å²) in [6, 6.07) is 5.97. The van der Waals surface area contributed by atoms with Gasteiger partial charge in [-0.2, -0.15) is 0 Å². The SMILES string of the molecule is O=C(NC1CCN(C(=O)c2ccc(F)c(F)c2F)CC1)c1cc(Cl)ccc1Cl. The van der Waals surface area contributed by atoms with E-state index < -0.39 is 28.9 Å². The highest BCUT2D eigenvalue weighted by molar-refractivity contribution is 6.35. The number of nitrogens with one attached hydrogen (secondary N) is 1. The molecular weight excluding hydrogens is 416 g/mol. The Hall–Kier alpha value is -2.25. The molecule has 148 valence electrons. The Balaban J connectivity index is 1.61. The lowest BCUT2D eigenvalue weighted by molar-refractivity contribution is 0.0692. The Labute approximate surface area is 169 Å². The highest BCUT2D eigenvalue weighted by Gasteiger charge is 2.28.